The number of carbonyl (C=O) groups excluding carboxylic acids is 2. The number of pyridine rings is 1. The number of nitrogens with zero attached hydrogens (tertiary/aromatic N) is 4. The molecule has 1 amide bonds. The molecule has 6 rings (SSSR count). The van der Waals surface area contributed by atoms with E-state index in [0.29, 0.717) is 36.4 Å². The van der Waals surface area contributed by atoms with Crippen molar-refractivity contribution in [1.82, 2.24) is 30.7 Å². The number of nitrogens with one attached hydrogen (secondary N) is 3. The summed E-state index contributed by atoms with van der Waals surface area (Å²) in [7, 11) is 3.79. The minimum atomic E-state index is -0.108. The third-order valence-electron chi connectivity index (χ3n) is 17.2. The van der Waals surface area contributed by atoms with Crippen LogP contribution in [0.1, 0.15) is 249 Å². The Hall–Kier alpha value is -5.25. The Bertz CT molecular complexity index is 2620. The van der Waals surface area contributed by atoms with Crippen LogP contribution in [-0.2, 0) is 16.6 Å². The molecule has 2 atom stereocenters. The largest absolute Gasteiger partial charge is 0.389 e. The Morgan fingerprint density at radius 3 is 1.99 bits per heavy atom. The summed E-state index contributed by atoms with van der Waals surface area (Å²) in [5.74, 6) is 2.32. The molecule has 1 saturated heterocycles. The van der Waals surface area contributed by atoms with Gasteiger partial charge in [0, 0.05) is 84.3 Å². The van der Waals surface area contributed by atoms with E-state index in [1.165, 1.54) is 100 Å². The molecule has 2 aliphatic heterocycles. The molecule has 9 heteroatoms. The molecule has 0 radical (unpaired) electrons. The number of ketones is 1. The molecule has 476 valence electrons. The fraction of sp³-hybridized carbons (Fsp3) is 0.618. The van der Waals surface area contributed by atoms with Gasteiger partial charge in [-0.1, -0.05) is 127 Å². The van der Waals surface area contributed by atoms with Crippen LogP contribution in [0.5, 0.6) is 0 Å². The van der Waals surface area contributed by atoms with Gasteiger partial charge in [0.1, 0.15) is 0 Å². The van der Waals surface area contributed by atoms with Crippen LogP contribution in [-0.4, -0.2) is 91.4 Å². The number of anilines is 1. The van der Waals surface area contributed by atoms with Crippen LogP contribution in [0.2, 0.25) is 0 Å². The van der Waals surface area contributed by atoms with Crippen molar-refractivity contribution in [2.45, 2.75) is 246 Å². The van der Waals surface area contributed by atoms with Gasteiger partial charge >= 0.3 is 0 Å². The summed E-state index contributed by atoms with van der Waals surface area (Å²) in [6, 6.07) is 12.0. The van der Waals surface area contributed by atoms with Crippen molar-refractivity contribution >= 4 is 35.1 Å². The number of fused-ring (bicyclic) bond motifs is 2. The van der Waals surface area contributed by atoms with Gasteiger partial charge in [0.2, 0.25) is 0 Å². The van der Waals surface area contributed by atoms with Gasteiger partial charge in [-0.3, -0.25) is 14.6 Å². The summed E-state index contributed by atoms with van der Waals surface area (Å²) in [6.07, 6.45) is 26.0. The fourth-order valence-corrected chi connectivity index (χ4v) is 11.8. The maximum absolute atomic E-state index is 13.3. The van der Waals surface area contributed by atoms with Crippen LogP contribution in [0.4, 0.5) is 5.69 Å². The van der Waals surface area contributed by atoms with E-state index in [0.717, 1.165) is 87.1 Å². The van der Waals surface area contributed by atoms with Crippen molar-refractivity contribution in [3.8, 4) is 0 Å². The lowest BCUT2D eigenvalue weighted by molar-refractivity contribution is -0.119. The van der Waals surface area contributed by atoms with Crippen LogP contribution < -0.4 is 20.9 Å². The number of aromatic nitrogens is 1. The highest BCUT2D eigenvalue weighted by molar-refractivity contribution is 5.95. The molecular formula is C76H125N7O2. The van der Waals surface area contributed by atoms with Crippen LogP contribution in [0.25, 0.3) is 17.7 Å². The van der Waals surface area contributed by atoms with Gasteiger partial charge in [-0.15, -0.1) is 0 Å². The minimum Gasteiger partial charge on any atom is -0.389 e. The molecule has 2 fully saturated rings. The molecule has 85 heavy (non-hydrogen) atoms. The monoisotopic (exact) mass is 1170 g/mol. The number of allylic oxidation sites excluding steroid dienone is 5. The molecule has 9 nitrogen and oxygen atoms in total. The zero-order valence-electron chi connectivity index (χ0n) is 58.6. The van der Waals surface area contributed by atoms with Crippen molar-refractivity contribution in [2.24, 2.45) is 17.8 Å². The predicted molar refractivity (Wildman–Crippen MR) is 374 cm³/mol. The molecule has 1 spiro atoms. The van der Waals surface area contributed by atoms with E-state index in [-0.39, 0.29) is 23.1 Å². The second-order valence-corrected chi connectivity index (χ2v) is 24.8. The van der Waals surface area contributed by atoms with Gasteiger partial charge in [0.25, 0.3) is 5.91 Å². The second-order valence-electron chi connectivity index (χ2n) is 24.8. The van der Waals surface area contributed by atoms with Gasteiger partial charge in [0.15, 0.2) is 5.78 Å². The van der Waals surface area contributed by atoms with E-state index in [9.17, 15) is 9.59 Å². The third-order valence-corrected chi connectivity index (χ3v) is 17.2. The van der Waals surface area contributed by atoms with Crippen molar-refractivity contribution in [3.05, 3.63) is 134 Å². The predicted octanol–water partition coefficient (Wildman–Crippen LogP) is 18.3. The topological polar surface area (TPSA) is 92.8 Å². The van der Waals surface area contributed by atoms with Gasteiger partial charge in [-0.25, -0.2) is 0 Å². The Morgan fingerprint density at radius 1 is 0.847 bits per heavy atom. The van der Waals surface area contributed by atoms with E-state index in [4.69, 9.17) is 0 Å². The number of amides is 1. The number of likely N-dealkylation sites (tertiary alicyclic amines) is 1. The van der Waals surface area contributed by atoms with Crippen molar-refractivity contribution < 1.29 is 9.59 Å². The Morgan fingerprint density at radius 2 is 1.48 bits per heavy atom. The summed E-state index contributed by atoms with van der Waals surface area (Å²) >= 11 is 0. The van der Waals surface area contributed by atoms with Crippen LogP contribution in [0.3, 0.4) is 0 Å². The number of likely N-dealkylation sites (N-methyl/N-ethyl adjacent to an activating group) is 2. The standard InChI is InChI=1S/C29H48N2O.C23H34N2O.C20H31N3.2C2H6/c1-8-12-26(13-9-2)28-22(5)19-27(20-23(28)6)29(32)30-17-14-25(15-18-30)21-31(16-10-3)24(7)11-4;1-7-18-13-19-21(12-16(18)4)25(17(5)23(19)10-11-23)20(9-8-15(2)3)22(26)14-24-6;1-14(2)16(5)12-20-17(6)23-10-8-18(20)13-19(21-7)9-11-22-15(3)4;2*1-2/h12,19-20,24-25H,8-11,13-18,21H2,1-7H3;12-13,15,20,24H,5,7-11,14H2,1-4,6H3;8-15,21-22H,1-7H3;2*1-2H3/b26-12+;;11-9-,16-12+,19-13+;;. The number of aryl methyl sites for hydroxylation is 5. The molecular weight excluding hydrogens is 1040 g/mol. The fourth-order valence-electron chi connectivity index (χ4n) is 11.8. The van der Waals surface area contributed by atoms with Gasteiger partial charge in [-0.2, -0.15) is 0 Å². The first-order valence-corrected chi connectivity index (χ1v) is 33.7. The van der Waals surface area contributed by atoms with E-state index in [1.54, 1.807) is 0 Å². The summed E-state index contributed by atoms with van der Waals surface area (Å²) in [5, 5.41) is 9.58. The van der Waals surface area contributed by atoms with Gasteiger partial charge in [0.05, 0.1) is 12.6 Å². The summed E-state index contributed by atoms with van der Waals surface area (Å²) in [5.41, 5.74) is 18.6. The summed E-state index contributed by atoms with van der Waals surface area (Å²) < 4.78 is 0. The Balaban J connectivity index is 0.000000428. The number of hydrogen-bond acceptors (Lipinski definition) is 8. The maximum Gasteiger partial charge on any atom is 0.253 e. The molecule has 3 aliphatic rings. The van der Waals surface area contributed by atoms with Gasteiger partial charge < -0.3 is 30.7 Å². The summed E-state index contributed by atoms with van der Waals surface area (Å²) in [6.45, 7) is 54.5. The number of Topliss-reactive ketones (excluding diaryl/α,β-unsaturated/α-hetero) is 1. The zero-order valence-corrected chi connectivity index (χ0v) is 58.6. The quantitative estimate of drug-likeness (QED) is 0.0685. The van der Waals surface area contributed by atoms with E-state index < -0.39 is 0 Å². The number of rotatable bonds is 26. The highest BCUT2D eigenvalue weighted by atomic mass is 16.2. The number of piperidine rings is 1. The maximum atomic E-state index is 13.3. The number of carbonyl (C=O) groups is 2. The molecule has 1 aliphatic carbocycles. The van der Waals surface area contributed by atoms with Crippen molar-refractivity contribution in [2.75, 3.05) is 51.7 Å². The number of hydrogen-bond donors (Lipinski definition) is 3. The van der Waals surface area contributed by atoms with Crippen LogP contribution >= 0.6 is 0 Å². The van der Waals surface area contributed by atoms with E-state index in [1.807, 2.05) is 54.2 Å². The lowest BCUT2D eigenvalue weighted by Crippen LogP contribution is -2.43. The molecule has 3 heterocycles. The van der Waals surface area contributed by atoms with E-state index >= 15 is 0 Å². The van der Waals surface area contributed by atoms with Crippen LogP contribution in [0.15, 0.2) is 78.4 Å². The second kappa shape index (κ2) is 38.8. The molecule has 1 aromatic heterocycles. The lowest BCUT2D eigenvalue weighted by atomic mass is 9.90. The molecule has 3 aromatic rings. The minimum absolute atomic E-state index is 0.100. The average Bonchev–Trinajstić information content (AvgIpc) is 1.64. The average molecular weight is 1170 g/mol. The van der Waals surface area contributed by atoms with Gasteiger partial charge in [-0.05, 0) is 244 Å². The zero-order chi connectivity index (χ0) is 64.1. The Kier molecular flexibility index (Phi) is 34.6. The number of benzene rings is 2. The highest BCUT2D eigenvalue weighted by Crippen LogP contribution is 2.63. The van der Waals surface area contributed by atoms with Crippen molar-refractivity contribution in [3.63, 3.8) is 0 Å². The molecule has 0 bridgehead atoms. The smallest absolute Gasteiger partial charge is 0.253 e. The first kappa shape index (κ1) is 75.8. The van der Waals surface area contributed by atoms with Crippen molar-refractivity contribution in [1.29, 1.82) is 0 Å². The first-order valence-electron chi connectivity index (χ1n) is 33.7. The third kappa shape index (κ3) is 22.1. The SMILES string of the molecule is C=C1N(C(CCC(C)C)C(=O)CNC)c2cc(C)c(CC)cc2C12CC2.CC.CC.CC/C=C(\CCC)c1c(C)cc(C(=O)N2CCC(CN(CCC)C(C)CC)CC2)cc1C.CNC(/C=C\NC(C)C)=C/c1ccnc(C)c1/C=C(\C)C(C)C. The van der Waals surface area contributed by atoms with E-state index in [2.05, 4.69) is 215 Å². The molecule has 1 saturated carbocycles. The molecule has 2 unspecified atom stereocenters. The molecule has 2 aromatic carbocycles. The highest BCUT2D eigenvalue weighted by Gasteiger charge is 2.56. The first-order chi connectivity index (χ1) is 40.6. The Labute approximate surface area is 522 Å². The normalized spacial score (nSPS) is 15.7. The lowest BCUT2D eigenvalue weighted by Gasteiger charge is -2.37. The summed E-state index contributed by atoms with van der Waals surface area (Å²) in [4.78, 5) is 37.8. The van der Waals surface area contributed by atoms with Crippen LogP contribution in [0, 0.1) is 45.4 Å². The molecule has 3 N–H and O–H groups in total.